The molecule has 1 heterocycles. The number of carbonyl (C=O) groups excluding carboxylic acids is 3. The van der Waals surface area contributed by atoms with Crippen LogP contribution in [0.2, 0.25) is 0 Å². The molecule has 0 bridgehead atoms. The van der Waals surface area contributed by atoms with Crippen LogP contribution in [0.5, 0.6) is 0 Å². The second-order valence-electron chi connectivity index (χ2n) is 9.36. The number of hydroxylamine groups is 2. The van der Waals surface area contributed by atoms with Crippen molar-refractivity contribution in [1.29, 1.82) is 0 Å². The highest BCUT2D eigenvalue weighted by Gasteiger charge is 2.30. The van der Waals surface area contributed by atoms with Crippen molar-refractivity contribution in [3.8, 4) is 11.3 Å². The third kappa shape index (κ3) is 10.0. The average molecular weight is 571 g/mol. The quantitative estimate of drug-likeness (QED) is 0.111. The van der Waals surface area contributed by atoms with Gasteiger partial charge in [-0.2, -0.15) is 13.2 Å². The third-order valence-corrected chi connectivity index (χ3v) is 6.29. The van der Waals surface area contributed by atoms with Gasteiger partial charge in [-0.25, -0.2) is 10.0 Å². The summed E-state index contributed by atoms with van der Waals surface area (Å²) in [5.41, 5.74) is 0.890. The zero-order chi connectivity index (χ0) is 29.7. The van der Waals surface area contributed by atoms with Crippen LogP contribution in [0.4, 0.5) is 13.2 Å². The van der Waals surface area contributed by atoms with Gasteiger partial charge < -0.3 is 10.6 Å². The third-order valence-electron chi connectivity index (χ3n) is 6.29. The molecule has 2 N–H and O–H groups in total. The van der Waals surface area contributed by atoms with Gasteiger partial charge in [-0.15, -0.1) is 0 Å². The molecule has 41 heavy (non-hydrogen) atoms. The highest BCUT2D eigenvalue weighted by atomic mass is 19.4. The molecule has 0 fully saturated rings. The van der Waals surface area contributed by atoms with Gasteiger partial charge >= 0.3 is 6.18 Å². The summed E-state index contributed by atoms with van der Waals surface area (Å²) >= 11 is 0. The van der Waals surface area contributed by atoms with Crippen molar-refractivity contribution in [3.05, 3.63) is 89.6 Å². The molecular weight excluding hydrogens is 537 g/mol. The summed E-state index contributed by atoms with van der Waals surface area (Å²) < 4.78 is 38.6. The first kappa shape index (κ1) is 31.3. The number of benzene rings is 2. The lowest BCUT2D eigenvalue weighted by atomic mass is 10.0. The Kier molecular flexibility index (Phi) is 11.8. The van der Waals surface area contributed by atoms with Gasteiger partial charge in [0.2, 0.25) is 12.3 Å². The van der Waals surface area contributed by atoms with Gasteiger partial charge in [-0.3, -0.25) is 19.2 Å². The molecule has 218 valence electrons. The van der Waals surface area contributed by atoms with E-state index in [2.05, 4.69) is 15.6 Å². The Balaban J connectivity index is 1.56. The number of pyridine rings is 1. The zero-order valence-electron chi connectivity index (χ0n) is 22.7. The molecule has 1 atom stereocenters. The van der Waals surface area contributed by atoms with E-state index in [1.165, 1.54) is 18.2 Å². The molecule has 0 radical (unpaired) electrons. The number of aromatic nitrogens is 1. The Hall–Kier alpha value is -4.25. The molecule has 0 aliphatic heterocycles. The Morgan fingerprint density at radius 2 is 1.71 bits per heavy atom. The molecule has 2 aromatic carbocycles. The lowest BCUT2D eigenvalue weighted by Gasteiger charge is -2.23. The second-order valence-corrected chi connectivity index (χ2v) is 9.36. The number of amides is 3. The Labute approximate surface area is 236 Å². The van der Waals surface area contributed by atoms with E-state index in [9.17, 15) is 27.6 Å². The van der Waals surface area contributed by atoms with Crippen LogP contribution in [0.3, 0.4) is 0 Å². The van der Waals surface area contributed by atoms with Crippen molar-refractivity contribution < 1.29 is 32.4 Å². The first-order valence-corrected chi connectivity index (χ1v) is 13.3. The zero-order valence-corrected chi connectivity index (χ0v) is 22.7. The molecule has 0 aliphatic carbocycles. The predicted octanol–water partition coefficient (Wildman–Crippen LogP) is 5.36. The van der Waals surface area contributed by atoms with Gasteiger partial charge in [-0.1, -0.05) is 74.7 Å². The Bertz CT molecular complexity index is 1270. The first-order chi connectivity index (χ1) is 19.7. The summed E-state index contributed by atoms with van der Waals surface area (Å²) in [6.45, 7) is 2.10. The highest BCUT2D eigenvalue weighted by Crippen LogP contribution is 2.30. The molecule has 3 rings (SSSR count). The van der Waals surface area contributed by atoms with Gasteiger partial charge in [0.05, 0.1) is 30.4 Å². The van der Waals surface area contributed by atoms with Crippen molar-refractivity contribution in [2.75, 3.05) is 13.2 Å². The van der Waals surface area contributed by atoms with E-state index in [0.717, 1.165) is 42.0 Å². The monoisotopic (exact) mass is 570 g/mol. The standard InChI is InChI=1S/C30H33F3N4O4/c1-2-3-5-11-24(18-37(21-38)41-19-22-9-6-4-7-10-22)28(39)34-20-35-29(40)27-13-8-12-26(36-27)23-14-16-25(17-15-23)30(31,32)33/h4,6-10,12-17,21,24H,2-3,5,11,18-20H2,1H3,(H,34,39)(H,35,40)/t24-/m1/s1. The molecule has 0 unspecified atom stereocenters. The van der Waals surface area contributed by atoms with E-state index in [1.807, 2.05) is 37.3 Å². The number of nitrogens with zero attached hydrogens (tertiary/aromatic N) is 2. The normalized spacial score (nSPS) is 11.9. The molecule has 0 saturated carbocycles. The van der Waals surface area contributed by atoms with Crippen LogP contribution in [-0.4, -0.2) is 41.5 Å². The molecule has 0 spiro atoms. The largest absolute Gasteiger partial charge is 0.416 e. The smallest absolute Gasteiger partial charge is 0.338 e. The fraction of sp³-hybridized carbons (Fsp3) is 0.333. The molecule has 1 aromatic heterocycles. The molecule has 11 heteroatoms. The number of nitrogens with one attached hydrogen (secondary N) is 2. The lowest BCUT2D eigenvalue weighted by molar-refractivity contribution is -0.182. The van der Waals surface area contributed by atoms with E-state index >= 15 is 0 Å². The number of rotatable bonds is 15. The van der Waals surface area contributed by atoms with Crippen LogP contribution in [0.15, 0.2) is 72.8 Å². The minimum atomic E-state index is -4.45. The van der Waals surface area contributed by atoms with Crippen LogP contribution in [-0.2, 0) is 27.2 Å². The van der Waals surface area contributed by atoms with Crippen LogP contribution in [0, 0.1) is 5.92 Å². The maximum Gasteiger partial charge on any atom is 0.416 e. The summed E-state index contributed by atoms with van der Waals surface area (Å²) in [5.74, 6) is -1.47. The molecule has 8 nitrogen and oxygen atoms in total. The maximum atomic E-state index is 13.0. The Morgan fingerprint density at radius 1 is 0.976 bits per heavy atom. The fourth-order valence-corrected chi connectivity index (χ4v) is 4.02. The second kappa shape index (κ2) is 15.5. The summed E-state index contributed by atoms with van der Waals surface area (Å²) in [4.78, 5) is 47.1. The summed E-state index contributed by atoms with van der Waals surface area (Å²) in [6.07, 6.45) is -0.706. The molecule has 3 aromatic rings. The van der Waals surface area contributed by atoms with Gasteiger partial charge in [0.15, 0.2) is 0 Å². The predicted molar refractivity (Wildman–Crippen MR) is 147 cm³/mol. The SMILES string of the molecule is CCCCC[C@H](CN(C=O)OCc1ccccc1)C(=O)NCNC(=O)c1cccc(-c2ccc(C(F)(F)F)cc2)n1. The number of unbranched alkanes of at least 4 members (excludes halogenated alkanes) is 2. The molecule has 0 aliphatic rings. The van der Waals surface area contributed by atoms with Crippen LogP contribution in [0.25, 0.3) is 11.3 Å². The molecule has 3 amide bonds. The van der Waals surface area contributed by atoms with Crippen molar-refractivity contribution in [3.63, 3.8) is 0 Å². The minimum Gasteiger partial charge on any atom is -0.338 e. The van der Waals surface area contributed by atoms with E-state index in [1.54, 1.807) is 12.1 Å². The van der Waals surface area contributed by atoms with Gasteiger partial charge in [0.1, 0.15) is 12.3 Å². The maximum absolute atomic E-state index is 13.0. The lowest BCUT2D eigenvalue weighted by Crippen LogP contribution is -2.43. The molecule has 0 saturated heterocycles. The first-order valence-electron chi connectivity index (χ1n) is 13.3. The van der Waals surface area contributed by atoms with Crippen molar-refractivity contribution in [2.45, 2.75) is 45.4 Å². The van der Waals surface area contributed by atoms with E-state index in [0.29, 0.717) is 24.1 Å². The number of hydrogen-bond donors (Lipinski definition) is 2. The number of carbonyl (C=O) groups is 3. The van der Waals surface area contributed by atoms with Crippen LogP contribution in [0.1, 0.15) is 54.2 Å². The van der Waals surface area contributed by atoms with Crippen molar-refractivity contribution >= 4 is 18.2 Å². The van der Waals surface area contributed by atoms with Gasteiger partial charge in [0.25, 0.3) is 5.91 Å². The minimum absolute atomic E-state index is 0.0394. The van der Waals surface area contributed by atoms with E-state index in [4.69, 9.17) is 4.84 Å². The fourth-order valence-electron chi connectivity index (χ4n) is 4.02. The molecular formula is C30H33F3N4O4. The highest BCUT2D eigenvalue weighted by molar-refractivity contribution is 5.93. The Morgan fingerprint density at radius 3 is 2.37 bits per heavy atom. The van der Waals surface area contributed by atoms with Crippen molar-refractivity contribution in [2.24, 2.45) is 5.92 Å². The summed E-state index contributed by atoms with van der Waals surface area (Å²) in [7, 11) is 0. The van der Waals surface area contributed by atoms with E-state index < -0.39 is 23.6 Å². The van der Waals surface area contributed by atoms with Gasteiger partial charge in [-0.05, 0) is 36.2 Å². The number of halogens is 3. The number of hydrogen-bond acceptors (Lipinski definition) is 5. The number of alkyl halides is 3. The van der Waals surface area contributed by atoms with E-state index in [-0.39, 0.29) is 31.4 Å². The van der Waals surface area contributed by atoms with Crippen molar-refractivity contribution in [1.82, 2.24) is 20.7 Å². The summed E-state index contributed by atoms with van der Waals surface area (Å²) in [6, 6.07) is 18.4. The van der Waals surface area contributed by atoms with Crippen LogP contribution >= 0.6 is 0 Å². The van der Waals surface area contributed by atoms with Crippen LogP contribution < -0.4 is 10.6 Å². The average Bonchev–Trinajstić information content (AvgIpc) is 2.98. The summed E-state index contributed by atoms with van der Waals surface area (Å²) in [5, 5.41) is 6.36. The van der Waals surface area contributed by atoms with Gasteiger partial charge in [0, 0.05) is 5.56 Å². The topological polar surface area (TPSA) is 101 Å².